The van der Waals surface area contributed by atoms with Crippen molar-refractivity contribution in [1.82, 2.24) is 4.90 Å². The van der Waals surface area contributed by atoms with Crippen molar-refractivity contribution in [3.8, 4) is 0 Å². The lowest BCUT2D eigenvalue weighted by atomic mass is 10.0. The summed E-state index contributed by atoms with van der Waals surface area (Å²) >= 11 is 1.31. The number of carbonyl (C=O) groups excluding carboxylic acids is 3. The van der Waals surface area contributed by atoms with Crippen LogP contribution in [-0.4, -0.2) is 43.1 Å². The zero-order chi connectivity index (χ0) is 17.9. The first-order chi connectivity index (χ1) is 11.4. The molecule has 24 heavy (non-hydrogen) atoms. The summed E-state index contributed by atoms with van der Waals surface area (Å²) in [4.78, 5) is 38.5. The van der Waals surface area contributed by atoms with Crippen LogP contribution in [0.4, 0.5) is 9.80 Å². The highest BCUT2D eigenvalue weighted by molar-refractivity contribution is 7.17. The first-order valence-corrected chi connectivity index (χ1v) is 8.66. The highest BCUT2D eigenvalue weighted by atomic mass is 32.1. The van der Waals surface area contributed by atoms with Gasteiger partial charge in [-0.05, 0) is 18.9 Å². The molecule has 2 heterocycles. The number of amides is 2. The second-order valence-corrected chi connectivity index (χ2v) is 6.82. The number of thiophene rings is 1. The van der Waals surface area contributed by atoms with E-state index in [4.69, 9.17) is 9.47 Å². The molecule has 1 aromatic rings. The summed E-state index contributed by atoms with van der Waals surface area (Å²) in [6.45, 7) is 6.38. The molecule has 0 aliphatic carbocycles. The van der Waals surface area contributed by atoms with Crippen LogP contribution < -0.4 is 5.32 Å². The SMILES string of the molecule is CCOC(=O)c1c(NC(=O)C(C)C)sc2c1CCN(C(=O)OC)C2. The fraction of sp³-hybridized carbons (Fsp3) is 0.562. The van der Waals surface area contributed by atoms with E-state index in [0.29, 0.717) is 30.1 Å². The smallest absolute Gasteiger partial charge is 0.409 e. The van der Waals surface area contributed by atoms with Crippen LogP contribution >= 0.6 is 11.3 Å². The molecule has 0 fully saturated rings. The highest BCUT2D eigenvalue weighted by Crippen LogP contribution is 2.38. The fourth-order valence-corrected chi connectivity index (χ4v) is 3.71. The zero-order valence-electron chi connectivity index (χ0n) is 14.3. The molecule has 7 nitrogen and oxygen atoms in total. The predicted molar refractivity (Wildman–Crippen MR) is 90.3 cm³/mol. The summed E-state index contributed by atoms with van der Waals surface area (Å²) in [5, 5.41) is 3.30. The molecule has 1 aliphatic heterocycles. The minimum Gasteiger partial charge on any atom is -0.462 e. The molecule has 0 aromatic carbocycles. The van der Waals surface area contributed by atoms with E-state index in [9.17, 15) is 14.4 Å². The van der Waals surface area contributed by atoms with Gasteiger partial charge < -0.3 is 19.7 Å². The molecule has 1 N–H and O–H groups in total. The lowest BCUT2D eigenvalue weighted by molar-refractivity contribution is -0.118. The number of nitrogens with one attached hydrogen (secondary N) is 1. The molecule has 0 saturated heterocycles. The van der Waals surface area contributed by atoms with Crippen LogP contribution in [0.25, 0.3) is 0 Å². The molecule has 0 saturated carbocycles. The van der Waals surface area contributed by atoms with E-state index in [2.05, 4.69) is 5.32 Å². The summed E-state index contributed by atoms with van der Waals surface area (Å²) in [7, 11) is 1.34. The van der Waals surface area contributed by atoms with E-state index in [0.717, 1.165) is 10.4 Å². The van der Waals surface area contributed by atoms with E-state index in [1.807, 2.05) is 0 Å². The van der Waals surface area contributed by atoms with E-state index in [1.54, 1.807) is 25.7 Å². The Morgan fingerprint density at radius 1 is 1.33 bits per heavy atom. The van der Waals surface area contributed by atoms with Crippen LogP contribution in [-0.2, 0) is 27.2 Å². The molecule has 8 heteroatoms. The van der Waals surface area contributed by atoms with Gasteiger partial charge in [-0.15, -0.1) is 11.3 Å². The minimum absolute atomic E-state index is 0.163. The Morgan fingerprint density at radius 3 is 2.62 bits per heavy atom. The first kappa shape index (κ1) is 18.3. The van der Waals surface area contributed by atoms with E-state index in [-0.39, 0.29) is 18.4 Å². The van der Waals surface area contributed by atoms with Crippen LogP contribution in [0.2, 0.25) is 0 Å². The summed E-state index contributed by atoms with van der Waals surface area (Å²) in [6, 6.07) is 0. The highest BCUT2D eigenvalue weighted by Gasteiger charge is 2.31. The number of fused-ring (bicyclic) bond motifs is 1. The molecule has 0 unspecified atom stereocenters. The summed E-state index contributed by atoms with van der Waals surface area (Å²) < 4.78 is 9.90. The molecule has 2 rings (SSSR count). The maximum atomic E-state index is 12.3. The topological polar surface area (TPSA) is 84.9 Å². The number of esters is 1. The van der Waals surface area contributed by atoms with Gasteiger partial charge in [0.2, 0.25) is 5.91 Å². The van der Waals surface area contributed by atoms with Crippen molar-refractivity contribution in [3.63, 3.8) is 0 Å². The average Bonchev–Trinajstić information content (AvgIpc) is 2.90. The van der Waals surface area contributed by atoms with Gasteiger partial charge in [0.25, 0.3) is 0 Å². The third kappa shape index (κ3) is 3.69. The lowest BCUT2D eigenvalue weighted by Gasteiger charge is -2.25. The third-order valence-electron chi connectivity index (χ3n) is 3.73. The van der Waals surface area contributed by atoms with Gasteiger partial charge in [-0.1, -0.05) is 13.8 Å². The fourth-order valence-electron chi connectivity index (χ4n) is 2.45. The van der Waals surface area contributed by atoms with Gasteiger partial charge in [0.05, 0.1) is 25.8 Å². The molecule has 0 spiro atoms. The van der Waals surface area contributed by atoms with E-state index >= 15 is 0 Å². The van der Waals surface area contributed by atoms with E-state index < -0.39 is 12.1 Å². The zero-order valence-corrected chi connectivity index (χ0v) is 15.1. The van der Waals surface area contributed by atoms with Crippen molar-refractivity contribution >= 4 is 34.3 Å². The molecule has 2 amide bonds. The standard InChI is InChI=1S/C16H22N2O5S/c1-5-23-15(20)12-10-6-7-18(16(21)22-4)8-11(10)24-14(12)17-13(19)9(2)3/h9H,5-8H2,1-4H3,(H,17,19). The quantitative estimate of drug-likeness (QED) is 0.840. The van der Waals surface area contributed by atoms with E-state index in [1.165, 1.54) is 18.4 Å². The number of methoxy groups -OCH3 is 1. The first-order valence-electron chi connectivity index (χ1n) is 7.84. The molecular formula is C16H22N2O5S. The monoisotopic (exact) mass is 354 g/mol. The van der Waals surface area contributed by atoms with Gasteiger partial charge >= 0.3 is 12.1 Å². The van der Waals surface area contributed by atoms with Gasteiger partial charge in [0.15, 0.2) is 0 Å². The number of rotatable bonds is 4. The number of anilines is 1. The Labute approximate surface area is 144 Å². The van der Waals surface area contributed by atoms with Crippen LogP contribution in [0, 0.1) is 5.92 Å². The van der Waals surface area contributed by atoms with Crippen molar-refractivity contribution in [2.75, 3.05) is 25.6 Å². The van der Waals surface area contributed by atoms with Crippen LogP contribution in [0.5, 0.6) is 0 Å². The van der Waals surface area contributed by atoms with Gasteiger partial charge in [-0.3, -0.25) is 4.79 Å². The Hall–Kier alpha value is -2.09. The van der Waals surface area contributed by atoms with Crippen molar-refractivity contribution in [2.45, 2.75) is 33.7 Å². The molecule has 132 valence electrons. The van der Waals surface area contributed by atoms with Gasteiger partial charge in [-0.25, -0.2) is 9.59 Å². The average molecular weight is 354 g/mol. The predicted octanol–water partition coefficient (Wildman–Crippen LogP) is 2.64. The van der Waals surface area contributed by atoms with Crippen molar-refractivity contribution in [2.24, 2.45) is 5.92 Å². The summed E-state index contributed by atoms with van der Waals surface area (Å²) in [5.41, 5.74) is 1.26. The Morgan fingerprint density at radius 2 is 2.04 bits per heavy atom. The molecular weight excluding hydrogens is 332 g/mol. The van der Waals surface area contributed by atoms with Crippen LogP contribution in [0.3, 0.4) is 0 Å². The molecule has 0 radical (unpaired) electrons. The minimum atomic E-state index is -0.444. The maximum absolute atomic E-state index is 12.3. The Balaban J connectivity index is 2.37. The number of ether oxygens (including phenoxy) is 2. The second kappa shape index (κ2) is 7.65. The Kier molecular flexibility index (Phi) is 5.82. The normalized spacial score (nSPS) is 13.5. The van der Waals surface area contributed by atoms with Gasteiger partial charge in [0, 0.05) is 17.3 Å². The number of nitrogens with zero attached hydrogens (tertiary/aromatic N) is 1. The van der Waals surface area contributed by atoms with Crippen LogP contribution in [0.1, 0.15) is 41.6 Å². The molecule has 0 atom stereocenters. The third-order valence-corrected chi connectivity index (χ3v) is 4.86. The van der Waals surface area contributed by atoms with Gasteiger partial charge in [-0.2, -0.15) is 0 Å². The summed E-state index contributed by atoms with van der Waals surface area (Å²) in [5.74, 6) is -0.810. The number of hydrogen-bond donors (Lipinski definition) is 1. The Bertz CT molecular complexity index is 653. The summed E-state index contributed by atoms with van der Waals surface area (Å²) in [6.07, 6.45) is 0.117. The number of carbonyl (C=O) groups is 3. The van der Waals surface area contributed by atoms with Crippen molar-refractivity contribution in [1.29, 1.82) is 0 Å². The lowest BCUT2D eigenvalue weighted by Crippen LogP contribution is -2.35. The molecule has 0 bridgehead atoms. The van der Waals surface area contributed by atoms with Crippen LogP contribution in [0.15, 0.2) is 0 Å². The van der Waals surface area contributed by atoms with Crippen molar-refractivity contribution < 1.29 is 23.9 Å². The molecule has 1 aromatic heterocycles. The molecule has 1 aliphatic rings. The number of hydrogen-bond acceptors (Lipinski definition) is 6. The van der Waals surface area contributed by atoms with Gasteiger partial charge in [0.1, 0.15) is 5.00 Å². The second-order valence-electron chi connectivity index (χ2n) is 5.71. The van der Waals surface area contributed by atoms with Crippen molar-refractivity contribution in [3.05, 3.63) is 16.0 Å². The largest absolute Gasteiger partial charge is 0.462 e. The maximum Gasteiger partial charge on any atom is 0.409 e.